The van der Waals surface area contributed by atoms with Crippen molar-refractivity contribution in [1.29, 1.82) is 0 Å². The zero-order valence-corrected chi connectivity index (χ0v) is 13.3. The number of nitrogens with zero attached hydrogens (tertiary/aromatic N) is 3. The molecule has 0 bridgehead atoms. The van der Waals surface area contributed by atoms with Gasteiger partial charge in [-0.15, -0.1) is 0 Å². The quantitative estimate of drug-likeness (QED) is 0.769. The van der Waals surface area contributed by atoms with Crippen molar-refractivity contribution in [1.82, 2.24) is 25.3 Å². The minimum atomic E-state index is -0.794. The number of carbonyl (C=O) groups excluding carboxylic acids is 2. The van der Waals surface area contributed by atoms with Crippen LogP contribution >= 0.6 is 0 Å². The molecule has 2 amide bonds. The van der Waals surface area contributed by atoms with Crippen LogP contribution in [0.15, 0.2) is 12.4 Å². The monoisotopic (exact) mass is 305 g/mol. The Morgan fingerprint density at radius 2 is 2.18 bits per heavy atom. The molecule has 1 aromatic rings. The normalized spacial score (nSPS) is 27.8. The summed E-state index contributed by atoms with van der Waals surface area (Å²) in [4.78, 5) is 26.8. The molecule has 7 nitrogen and oxygen atoms in total. The van der Waals surface area contributed by atoms with Gasteiger partial charge >= 0.3 is 0 Å². The highest BCUT2D eigenvalue weighted by molar-refractivity contribution is 5.93. The second kappa shape index (κ2) is 5.39. The van der Waals surface area contributed by atoms with E-state index in [-0.39, 0.29) is 23.7 Å². The summed E-state index contributed by atoms with van der Waals surface area (Å²) in [6.45, 7) is 6.11. The first kappa shape index (κ1) is 15.0. The maximum Gasteiger partial charge on any atom is 0.245 e. The molecule has 0 radical (unpaired) electrons. The van der Waals surface area contributed by atoms with Crippen LogP contribution in [-0.2, 0) is 16.6 Å². The highest BCUT2D eigenvalue weighted by Crippen LogP contribution is 2.31. The van der Waals surface area contributed by atoms with E-state index in [0.717, 1.165) is 12.1 Å². The van der Waals surface area contributed by atoms with E-state index in [4.69, 9.17) is 0 Å². The number of hydrogen-bond donors (Lipinski definition) is 2. The smallest absolute Gasteiger partial charge is 0.245 e. The maximum atomic E-state index is 13.0. The molecule has 0 spiro atoms. The van der Waals surface area contributed by atoms with Crippen LogP contribution in [0.2, 0.25) is 0 Å². The summed E-state index contributed by atoms with van der Waals surface area (Å²) in [5.41, 5.74) is 0.280. The van der Waals surface area contributed by atoms with Crippen LogP contribution in [0.5, 0.6) is 0 Å². The molecule has 120 valence electrons. The fraction of sp³-hybridized carbons (Fsp3) is 0.667. The summed E-state index contributed by atoms with van der Waals surface area (Å²) in [7, 11) is 1.88. The van der Waals surface area contributed by atoms with E-state index in [2.05, 4.69) is 15.7 Å². The standard InChI is InChI=1S/C15H23N5O2/c1-15(2)14(22)17-4-5-20(15)13(21)12-8-16-7-11(12)10-6-18-19(3)9-10/h6,9,11-12,16H,4-5,7-8H2,1-3H3,(H,17,22)/t11-,12+/m1/s1. The van der Waals surface area contributed by atoms with Crippen molar-refractivity contribution in [3.05, 3.63) is 18.0 Å². The Labute approximate surface area is 130 Å². The zero-order valence-electron chi connectivity index (χ0n) is 13.3. The van der Waals surface area contributed by atoms with Crippen molar-refractivity contribution in [3.8, 4) is 0 Å². The molecule has 2 aliphatic rings. The molecule has 0 aromatic carbocycles. The second-order valence-corrected chi connectivity index (χ2v) is 6.62. The van der Waals surface area contributed by atoms with Crippen LogP contribution in [0.4, 0.5) is 0 Å². The summed E-state index contributed by atoms with van der Waals surface area (Å²) in [5.74, 6) is -0.0638. The van der Waals surface area contributed by atoms with Gasteiger partial charge in [0.25, 0.3) is 0 Å². The van der Waals surface area contributed by atoms with Crippen LogP contribution in [0, 0.1) is 5.92 Å². The van der Waals surface area contributed by atoms with Crippen LogP contribution < -0.4 is 10.6 Å². The third-order valence-corrected chi connectivity index (χ3v) is 4.80. The molecular weight excluding hydrogens is 282 g/mol. The van der Waals surface area contributed by atoms with Crippen LogP contribution in [0.25, 0.3) is 0 Å². The lowest BCUT2D eigenvalue weighted by Crippen LogP contribution is -2.64. The number of amides is 2. The largest absolute Gasteiger partial charge is 0.352 e. The van der Waals surface area contributed by atoms with Crippen molar-refractivity contribution >= 4 is 11.8 Å². The van der Waals surface area contributed by atoms with Gasteiger partial charge in [-0.3, -0.25) is 14.3 Å². The lowest BCUT2D eigenvalue weighted by molar-refractivity contribution is -0.151. The Kier molecular flexibility index (Phi) is 3.68. The molecule has 0 unspecified atom stereocenters. The molecule has 2 N–H and O–H groups in total. The minimum Gasteiger partial charge on any atom is -0.352 e. The molecule has 2 saturated heterocycles. The van der Waals surface area contributed by atoms with E-state index < -0.39 is 5.54 Å². The first-order valence-corrected chi connectivity index (χ1v) is 7.70. The van der Waals surface area contributed by atoms with Gasteiger partial charge in [-0.2, -0.15) is 5.10 Å². The van der Waals surface area contributed by atoms with Gasteiger partial charge in [-0.25, -0.2) is 0 Å². The third kappa shape index (κ3) is 2.39. The SMILES string of the molecule is Cn1cc([C@H]2CNC[C@@H]2C(=O)N2CCNC(=O)C2(C)C)cn1. The van der Waals surface area contributed by atoms with Crippen molar-refractivity contribution in [2.45, 2.75) is 25.3 Å². The number of piperazine rings is 1. The van der Waals surface area contributed by atoms with Gasteiger partial charge in [-0.05, 0) is 19.4 Å². The summed E-state index contributed by atoms with van der Waals surface area (Å²) >= 11 is 0. The number of carbonyl (C=O) groups is 2. The summed E-state index contributed by atoms with van der Waals surface area (Å²) in [6.07, 6.45) is 3.79. The van der Waals surface area contributed by atoms with E-state index in [0.29, 0.717) is 19.6 Å². The average molecular weight is 305 g/mol. The van der Waals surface area contributed by atoms with Crippen molar-refractivity contribution in [2.75, 3.05) is 26.2 Å². The van der Waals surface area contributed by atoms with Gasteiger partial charge in [-0.1, -0.05) is 0 Å². The highest BCUT2D eigenvalue weighted by Gasteiger charge is 2.45. The first-order valence-electron chi connectivity index (χ1n) is 7.70. The molecule has 0 saturated carbocycles. The third-order valence-electron chi connectivity index (χ3n) is 4.80. The molecule has 7 heteroatoms. The van der Waals surface area contributed by atoms with Crippen molar-refractivity contribution in [3.63, 3.8) is 0 Å². The van der Waals surface area contributed by atoms with Crippen molar-refractivity contribution < 1.29 is 9.59 Å². The lowest BCUT2D eigenvalue weighted by atomic mass is 9.87. The molecule has 2 fully saturated rings. The van der Waals surface area contributed by atoms with Gasteiger partial charge in [0.05, 0.1) is 12.1 Å². The number of rotatable bonds is 2. The number of aryl methyl sites for hydroxylation is 1. The van der Waals surface area contributed by atoms with Gasteiger partial charge < -0.3 is 15.5 Å². The molecule has 3 heterocycles. The topological polar surface area (TPSA) is 79.3 Å². The second-order valence-electron chi connectivity index (χ2n) is 6.62. The predicted molar refractivity (Wildman–Crippen MR) is 81.1 cm³/mol. The summed E-state index contributed by atoms with van der Waals surface area (Å²) in [6, 6.07) is 0. The predicted octanol–water partition coefficient (Wildman–Crippen LogP) is -0.540. The van der Waals surface area contributed by atoms with Crippen LogP contribution in [0.3, 0.4) is 0 Å². The average Bonchev–Trinajstić information content (AvgIpc) is 3.09. The molecule has 22 heavy (non-hydrogen) atoms. The van der Waals surface area contributed by atoms with E-state index in [9.17, 15) is 9.59 Å². The first-order chi connectivity index (χ1) is 10.4. The molecule has 2 atom stereocenters. The van der Waals surface area contributed by atoms with E-state index >= 15 is 0 Å². The molecule has 0 aliphatic carbocycles. The number of hydrogen-bond acceptors (Lipinski definition) is 4. The van der Waals surface area contributed by atoms with E-state index in [1.54, 1.807) is 23.4 Å². The summed E-state index contributed by atoms with van der Waals surface area (Å²) < 4.78 is 1.76. The van der Waals surface area contributed by atoms with Gasteiger partial charge in [0.1, 0.15) is 5.54 Å². The number of nitrogens with one attached hydrogen (secondary N) is 2. The Hall–Kier alpha value is -1.89. The molecule has 1 aromatic heterocycles. The van der Waals surface area contributed by atoms with Gasteiger partial charge in [0.15, 0.2) is 0 Å². The van der Waals surface area contributed by atoms with E-state index in [1.165, 1.54) is 0 Å². The van der Waals surface area contributed by atoms with Crippen molar-refractivity contribution in [2.24, 2.45) is 13.0 Å². The Morgan fingerprint density at radius 1 is 1.41 bits per heavy atom. The van der Waals surface area contributed by atoms with Gasteiger partial charge in [0.2, 0.25) is 11.8 Å². The fourth-order valence-electron chi connectivity index (χ4n) is 3.41. The Balaban J connectivity index is 1.83. The Morgan fingerprint density at radius 3 is 2.86 bits per heavy atom. The molecular formula is C15H23N5O2. The number of aromatic nitrogens is 2. The fourth-order valence-corrected chi connectivity index (χ4v) is 3.41. The maximum absolute atomic E-state index is 13.0. The highest BCUT2D eigenvalue weighted by atomic mass is 16.2. The van der Waals surface area contributed by atoms with Crippen LogP contribution in [-0.4, -0.2) is 58.2 Å². The molecule has 3 rings (SSSR count). The Bertz CT molecular complexity index is 595. The van der Waals surface area contributed by atoms with Gasteiger partial charge in [0, 0.05) is 45.3 Å². The van der Waals surface area contributed by atoms with Crippen LogP contribution in [0.1, 0.15) is 25.3 Å². The lowest BCUT2D eigenvalue weighted by Gasteiger charge is -2.42. The van der Waals surface area contributed by atoms with E-state index in [1.807, 2.05) is 19.4 Å². The summed E-state index contributed by atoms with van der Waals surface area (Å²) in [5, 5.41) is 10.3. The molecule has 2 aliphatic heterocycles. The minimum absolute atomic E-state index is 0.0544. The zero-order chi connectivity index (χ0) is 15.9.